The van der Waals surface area contributed by atoms with Gasteiger partial charge in [0.15, 0.2) is 18.1 Å². The van der Waals surface area contributed by atoms with Crippen LogP contribution in [0.25, 0.3) is 0 Å². The van der Waals surface area contributed by atoms with Gasteiger partial charge in [-0.05, 0) is 42.0 Å². The normalized spacial score (nSPS) is 13.7. The number of ether oxygens (including phenoxy) is 4. The van der Waals surface area contributed by atoms with Gasteiger partial charge in [0, 0.05) is 18.7 Å². The third-order valence-electron chi connectivity index (χ3n) is 4.61. The Balaban J connectivity index is 1.57. The maximum atomic E-state index is 12.2. The third kappa shape index (κ3) is 6.19. The van der Waals surface area contributed by atoms with Crippen molar-refractivity contribution in [2.24, 2.45) is 5.10 Å². The summed E-state index contributed by atoms with van der Waals surface area (Å²) in [6.07, 6.45) is 1.49. The zero-order valence-electron chi connectivity index (χ0n) is 17.5. The fourth-order valence-corrected chi connectivity index (χ4v) is 2.92. The quantitative estimate of drug-likeness (QED) is 0.509. The summed E-state index contributed by atoms with van der Waals surface area (Å²) in [6.45, 7) is 2.13. The molecule has 2 amide bonds. The van der Waals surface area contributed by atoms with E-state index < -0.39 is 0 Å². The summed E-state index contributed by atoms with van der Waals surface area (Å²) in [5.41, 5.74) is 3.59. The lowest BCUT2D eigenvalue weighted by molar-refractivity contribution is -0.137. The minimum absolute atomic E-state index is 0.0829. The molecule has 0 saturated carbocycles. The molecule has 0 unspecified atom stereocenters. The van der Waals surface area contributed by atoms with Crippen molar-refractivity contribution in [3.63, 3.8) is 0 Å². The van der Waals surface area contributed by atoms with E-state index in [-0.39, 0.29) is 18.4 Å². The number of amides is 2. The summed E-state index contributed by atoms with van der Waals surface area (Å²) in [4.78, 5) is 26.1. The van der Waals surface area contributed by atoms with Crippen LogP contribution >= 0.6 is 0 Å². The summed E-state index contributed by atoms with van der Waals surface area (Å²) >= 11 is 0. The van der Waals surface area contributed by atoms with Gasteiger partial charge in [-0.1, -0.05) is 6.07 Å². The molecule has 2 aromatic carbocycles. The molecule has 0 aromatic heterocycles. The second kappa shape index (κ2) is 11.0. The molecule has 31 heavy (non-hydrogen) atoms. The zero-order valence-corrected chi connectivity index (χ0v) is 17.5. The van der Waals surface area contributed by atoms with Gasteiger partial charge in [-0.3, -0.25) is 9.59 Å². The zero-order chi connectivity index (χ0) is 22.1. The molecular formula is C22H25N3O6. The van der Waals surface area contributed by atoms with Gasteiger partial charge >= 0.3 is 0 Å². The lowest BCUT2D eigenvalue weighted by Gasteiger charge is -2.26. The highest BCUT2D eigenvalue weighted by molar-refractivity contribution is 5.95. The number of rotatable bonds is 8. The molecule has 2 aromatic rings. The van der Waals surface area contributed by atoms with Crippen LogP contribution in [0.1, 0.15) is 15.9 Å². The first-order valence-electron chi connectivity index (χ1n) is 9.74. The molecule has 0 atom stereocenters. The number of methoxy groups -OCH3 is 2. The molecule has 164 valence electrons. The van der Waals surface area contributed by atoms with Crippen LogP contribution in [0.2, 0.25) is 0 Å². The number of hydrogen-bond donors (Lipinski definition) is 1. The summed E-state index contributed by atoms with van der Waals surface area (Å²) in [5, 5.41) is 3.98. The van der Waals surface area contributed by atoms with E-state index in [0.717, 1.165) is 0 Å². The first-order valence-corrected chi connectivity index (χ1v) is 9.74. The van der Waals surface area contributed by atoms with Crippen molar-refractivity contribution in [3.05, 3.63) is 53.6 Å². The Morgan fingerprint density at radius 1 is 1.10 bits per heavy atom. The van der Waals surface area contributed by atoms with Crippen molar-refractivity contribution in [2.45, 2.75) is 0 Å². The molecule has 1 saturated heterocycles. The monoisotopic (exact) mass is 427 g/mol. The van der Waals surface area contributed by atoms with E-state index in [1.807, 2.05) is 0 Å². The van der Waals surface area contributed by atoms with Crippen LogP contribution in [0, 0.1) is 0 Å². The minimum atomic E-state index is -0.358. The minimum Gasteiger partial charge on any atom is -0.497 e. The molecule has 1 fully saturated rings. The van der Waals surface area contributed by atoms with E-state index in [0.29, 0.717) is 54.7 Å². The lowest BCUT2D eigenvalue weighted by Crippen LogP contribution is -2.43. The third-order valence-corrected chi connectivity index (χ3v) is 4.61. The Labute approximate surface area is 180 Å². The van der Waals surface area contributed by atoms with Crippen molar-refractivity contribution in [3.8, 4) is 17.2 Å². The lowest BCUT2D eigenvalue weighted by atomic mass is 10.2. The van der Waals surface area contributed by atoms with Crippen LogP contribution in [-0.4, -0.2) is 70.1 Å². The summed E-state index contributed by atoms with van der Waals surface area (Å²) in [6, 6.07) is 11.9. The highest BCUT2D eigenvalue weighted by Gasteiger charge is 2.18. The number of carbonyl (C=O) groups excluding carboxylic acids is 2. The van der Waals surface area contributed by atoms with Gasteiger partial charge in [0.2, 0.25) is 0 Å². The van der Waals surface area contributed by atoms with E-state index in [1.54, 1.807) is 47.4 Å². The number of hydrogen-bond acceptors (Lipinski definition) is 7. The van der Waals surface area contributed by atoms with Crippen LogP contribution in [0.4, 0.5) is 0 Å². The van der Waals surface area contributed by atoms with Gasteiger partial charge < -0.3 is 23.8 Å². The Morgan fingerprint density at radius 3 is 2.65 bits per heavy atom. The Morgan fingerprint density at radius 2 is 1.90 bits per heavy atom. The molecule has 9 heteroatoms. The molecule has 0 spiro atoms. The number of morpholine rings is 1. The van der Waals surface area contributed by atoms with E-state index in [2.05, 4.69) is 10.5 Å². The molecule has 0 bridgehead atoms. The Hall–Kier alpha value is -3.59. The highest BCUT2D eigenvalue weighted by atomic mass is 16.5. The van der Waals surface area contributed by atoms with E-state index in [1.165, 1.54) is 20.4 Å². The van der Waals surface area contributed by atoms with Gasteiger partial charge in [0.05, 0.1) is 33.6 Å². The second-order valence-electron chi connectivity index (χ2n) is 6.62. The summed E-state index contributed by atoms with van der Waals surface area (Å²) in [7, 11) is 3.05. The fourth-order valence-electron chi connectivity index (χ4n) is 2.92. The predicted octanol–water partition coefficient (Wildman–Crippen LogP) is 1.71. The SMILES string of the molecule is COc1cccc(C(=O)N/N=C\c2ccc(OCC(=O)N3CCOCC3)c(OC)c2)c1. The number of nitrogens with zero attached hydrogens (tertiary/aromatic N) is 2. The molecule has 1 heterocycles. The van der Waals surface area contributed by atoms with Crippen molar-refractivity contribution in [1.29, 1.82) is 0 Å². The molecule has 0 aliphatic carbocycles. The first-order chi connectivity index (χ1) is 15.1. The van der Waals surface area contributed by atoms with E-state index >= 15 is 0 Å². The molecule has 9 nitrogen and oxygen atoms in total. The van der Waals surface area contributed by atoms with Crippen LogP contribution in [-0.2, 0) is 9.53 Å². The van der Waals surface area contributed by atoms with Crippen LogP contribution in [0.3, 0.4) is 0 Å². The second-order valence-corrected chi connectivity index (χ2v) is 6.62. The topological polar surface area (TPSA) is 98.7 Å². The first kappa shape index (κ1) is 22.1. The predicted molar refractivity (Wildman–Crippen MR) is 114 cm³/mol. The smallest absolute Gasteiger partial charge is 0.271 e. The number of hydrazone groups is 1. The molecule has 1 aliphatic rings. The number of nitrogens with one attached hydrogen (secondary N) is 1. The van der Waals surface area contributed by atoms with Gasteiger partial charge in [-0.25, -0.2) is 5.43 Å². The fraction of sp³-hybridized carbons (Fsp3) is 0.318. The summed E-state index contributed by atoms with van der Waals surface area (Å²) in [5.74, 6) is 1.03. The van der Waals surface area contributed by atoms with Crippen LogP contribution in [0.5, 0.6) is 17.2 Å². The van der Waals surface area contributed by atoms with Crippen molar-refractivity contribution < 1.29 is 28.5 Å². The average Bonchev–Trinajstić information content (AvgIpc) is 2.83. The Kier molecular flexibility index (Phi) is 7.83. The van der Waals surface area contributed by atoms with E-state index in [9.17, 15) is 9.59 Å². The molecular weight excluding hydrogens is 402 g/mol. The van der Waals surface area contributed by atoms with Crippen molar-refractivity contribution in [1.82, 2.24) is 10.3 Å². The van der Waals surface area contributed by atoms with Crippen molar-refractivity contribution >= 4 is 18.0 Å². The Bertz CT molecular complexity index is 941. The molecule has 0 radical (unpaired) electrons. The molecule has 1 aliphatic heterocycles. The highest BCUT2D eigenvalue weighted by Crippen LogP contribution is 2.27. The largest absolute Gasteiger partial charge is 0.497 e. The van der Waals surface area contributed by atoms with E-state index in [4.69, 9.17) is 18.9 Å². The maximum Gasteiger partial charge on any atom is 0.271 e. The number of carbonyl (C=O) groups is 2. The summed E-state index contributed by atoms with van der Waals surface area (Å²) < 4.78 is 21.3. The van der Waals surface area contributed by atoms with Crippen LogP contribution < -0.4 is 19.6 Å². The van der Waals surface area contributed by atoms with Gasteiger partial charge in [0.25, 0.3) is 11.8 Å². The van der Waals surface area contributed by atoms with Crippen LogP contribution in [0.15, 0.2) is 47.6 Å². The average molecular weight is 427 g/mol. The van der Waals surface area contributed by atoms with Gasteiger partial charge in [-0.2, -0.15) is 5.10 Å². The maximum absolute atomic E-state index is 12.2. The van der Waals surface area contributed by atoms with Gasteiger partial charge in [-0.15, -0.1) is 0 Å². The van der Waals surface area contributed by atoms with Gasteiger partial charge in [0.1, 0.15) is 5.75 Å². The van der Waals surface area contributed by atoms with Crippen molar-refractivity contribution in [2.75, 3.05) is 47.1 Å². The number of benzene rings is 2. The molecule has 1 N–H and O–H groups in total. The molecule has 3 rings (SSSR count). The standard InChI is InChI=1S/C22H25N3O6/c1-28-18-5-3-4-17(13-18)22(27)24-23-14-16-6-7-19(20(12-16)29-2)31-15-21(26)25-8-10-30-11-9-25/h3-7,12-14H,8-11,15H2,1-2H3,(H,24,27)/b23-14-.